The Kier molecular flexibility index (Phi) is 6.17. The molecule has 0 radical (unpaired) electrons. The second kappa shape index (κ2) is 8.35. The quantitative estimate of drug-likeness (QED) is 0.0916. The summed E-state index contributed by atoms with van der Waals surface area (Å²) >= 11 is 0. The van der Waals surface area contributed by atoms with Crippen molar-refractivity contribution in [3.05, 3.63) is 70.9 Å². The van der Waals surface area contributed by atoms with Gasteiger partial charge in [0.1, 0.15) is 11.3 Å². The Hall–Kier alpha value is -3.36. The van der Waals surface area contributed by atoms with Crippen LogP contribution in [0.25, 0.3) is 0 Å². The minimum atomic E-state index is -2.18. The van der Waals surface area contributed by atoms with Crippen LogP contribution in [-0.2, 0) is 9.53 Å². The number of para-hydroxylation sites is 2. The predicted octanol–water partition coefficient (Wildman–Crippen LogP) is 3.69. The molecule has 142 valence electrons. The highest BCUT2D eigenvalue weighted by Gasteiger charge is 2.28. The van der Waals surface area contributed by atoms with Gasteiger partial charge in [0.25, 0.3) is 0 Å². The minimum Gasteiger partial charge on any atom is -0.506 e. The molecule has 2 aromatic carbocycles. The zero-order valence-electron chi connectivity index (χ0n) is 13.9. The van der Waals surface area contributed by atoms with Crippen LogP contribution in [0.3, 0.4) is 0 Å². The molecule has 0 bridgehead atoms. The third kappa shape index (κ3) is 4.25. The molecule has 2 rings (SSSR count). The number of anilines is 1. The van der Waals surface area contributed by atoms with E-state index in [-0.39, 0.29) is 24.1 Å². The van der Waals surface area contributed by atoms with Crippen LogP contribution < -0.4 is 5.32 Å². The molecule has 9 heteroatoms. The molecule has 0 heterocycles. The summed E-state index contributed by atoms with van der Waals surface area (Å²) in [7, 11) is 0. The molecule has 0 fully saturated rings. The summed E-state index contributed by atoms with van der Waals surface area (Å²) in [6, 6.07) is 5.90. The molecule has 0 aromatic heterocycles. The first kappa shape index (κ1) is 20.0. The van der Waals surface area contributed by atoms with E-state index in [0.717, 1.165) is 6.20 Å². The van der Waals surface area contributed by atoms with Crippen molar-refractivity contribution in [3.8, 4) is 5.75 Å². The number of ether oxygens (including phenoxy) is 1. The molecule has 0 aliphatic carbocycles. The first-order chi connectivity index (χ1) is 12.8. The molecule has 0 amide bonds. The molecule has 0 atom stereocenters. The Bertz CT molecular complexity index is 928. The molecule has 2 N–H and O–H groups in total. The van der Waals surface area contributed by atoms with Gasteiger partial charge >= 0.3 is 5.97 Å². The van der Waals surface area contributed by atoms with E-state index in [1.165, 1.54) is 31.2 Å². The second-order valence-electron chi connectivity index (χ2n) is 5.12. The van der Waals surface area contributed by atoms with Gasteiger partial charge in [0.15, 0.2) is 23.3 Å². The number of hydrogen-bond acceptors (Lipinski definition) is 5. The standard InChI is InChI=1S/C18H13F4NO4/c1-2-27-18(26)10(8-23-12-5-3-4-6-13(12)24)17(25)9-7-11(19)15(21)16(22)14(9)20/h3-8,23-24H,2H2,1H3/b10-8+. The van der Waals surface area contributed by atoms with E-state index in [2.05, 4.69) is 10.1 Å². The van der Waals surface area contributed by atoms with Crippen LogP contribution in [0.5, 0.6) is 5.75 Å². The van der Waals surface area contributed by atoms with E-state index in [4.69, 9.17) is 0 Å². The van der Waals surface area contributed by atoms with Crippen molar-refractivity contribution in [1.82, 2.24) is 0 Å². The fourth-order valence-electron chi connectivity index (χ4n) is 2.05. The van der Waals surface area contributed by atoms with Crippen LogP contribution in [0.15, 0.2) is 42.1 Å². The SMILES string of the molecule is CCOC(=O)/C(=C/Nc1ccccc1O)C(=O)c1cc(F)c(F)c(F)c1F. The fourth-order valence-corrected chi connectivity index (χ4v) is 2.05. The van der Waals surface area contributed by atoms with E-state index in [1.54, 1.807) is 0 Å². The summed E-state index contributed by atoms with van der Waals surface area (Å²) in [5.41, 5.74) is -1.92. The smallest absolute Gasteiger partial charge is 0.343 e. The van der Waals surface area contributed by atoms with Crippen molar-refractivity contribution >= 4 is 17.4 Å². The normalized spacial score (nSPS) is 11.2. The van der Waals surface area contributed by atoms with E-state index in [9.17, 15) is 32.3 Å². The number of carbonyl (C=O) groups is 2. The van der Waals surface area contributed by atoms with Gasteiger partial charge in [-0.1, -0.05) is 12.1 Å². The topological polar surface area (TPSA) is 75.6 Å². The number of esters is 1. The Balaban J connectivity index is 2.48. The van der Waals surface area contributed by atoms with E-state index in [1.807, 2.05) is 0 Å². The van der Waals surface area contributed by atoms with Crippen LogP contribution in [0.1, 0.15) is 17.3 Å². The number of aromatic hydroxyl groups is 1. The molecule has 0 aliphatic heterocycles. The largest absolute Gasteiger partial charge is 0.506 e. The van der Waals surface area contributed by atoms with Crippen LogP contribution in [0.2, 0.25) is 0 Å². The number of rotatable bonds is 6. The molecule has 0 saturated carbocycles. The van der Waals surface area contributed by atoms with Crippen molar-refractivity contribution in [1.29, 1.82) is 0 Å². The van der Waals surface area contributed by atoms with Gasteiger partial charge in [-0.25, -0.2) is 22.4 Å². The Labute approximate surface area is 150 Å². The Morgan fingerprint density at radius 1 is 1.11 bits per heavy atom. The fraction of sp³-hybridized carbons (Fsp3) is 0.111. The Morgan fingerprint density at radius 3 is 2.41 bits per heavy atom. The summed E-state index contributed by atoms with van der Waals surface area (Å²) in [4.78, 5) is 24.5. The minimum absolute atomic E-state index is 0.0871. The summed E-state index contributed by atoms with van der Waals surface area (Å²) in [6.07, 6.45) is 0.786. The van der Waals surface area contributed by atoms with E-state index >= 15 is 0 Å². The van der Waals surface area contributed by atoms with Crippen LogP contribution in [-0.4, -0.2) is 23.5 Å². The van der Waals surface area contributed by atoms with Gasteiger partial charge in [0.2, 0.25) is 5.78 Å². The third-order valence-corrected chi connectivity index (χ3v) is 3.36. The summed E-state index contributed by atoms with van der Waals surface area (Å²) in [5, 5.41) is 12.1. The van der Waals surface area contributed by atoms with Gasteiger partial charge < -0.3 is 15.2 Å². The number of ketones is 1. The highest BCUT2D eigenvalue weighted by Crippen LogP contribution is 2.24. The average Bonchev–Trinajstić information content (AvgIpc) is 2.64. The maximum absolute atomic E-state index is 13.9. The molecule has 5 nitrogen and oxygen atoms in total. The first-order valence-corrected chi connectivity index (χ1v) is 7.57. The highest BCUT2D eigenvalue weighted by molar-refractivity contribution is 6.24. The lowest BCUT2D eigenvalue weighted by atomic mass is 10.0. The third-order valence-electron chi connectivity index (χ3n) is 3.36. The molecule has 0 unspecified atom stereocenters. The van der Waals surface area contributed by atoms with Crippen LogP contribution in [0, 0.1) is 23.3 Å². The lowest BCUT2D eigenvalue weighted by Gasteiger charge is -2.10. The number of halogens is 4. The maximum Gasteiger partial charge on any atom is 0.343 e. The molecule has 0 saturated heterocycles. The summed E-state index contributed by atoms with van der Waals surface area (Å²) < 4.78 is 58.4. The van der Waals surface area contributed by atoms with Crippen molar-refractivity contribution in [2.45, 2.75) is 6.92 Å². The number of hydrogen-bond donors (Lipinski definition) is 2. The number of phenols is 1. The average molecular weight is 383 g/mol. The van der Waals surface area contributed by atoms with Gasteiger partial charge in [0, 0.05) is 6.20 Å². The van der Waals surface area contributed by atoms with Crippen molar-refractivity contribution in [2.24, 2.45) is 0 Å². The number of carbonyl (C=O) groups excluding carboxylic acids is 2. The molecule has 0 spiro atoms. The van der Waals surface area contributed by atoms with Crippen molar-refractivity contribution < 1.29 is 37.0 Å². The summed E-state index contributed by atoms with van der Waals surface area (Å²) in [5.74, 6) is -10.9. The zero-order valence-corrected chi connectivity index (χ0v) is 13.9. The lowest BCUT2D eigenvalue weighted by molar-refractivity contribution is -0.138. The van der Waals surface area contributed by atoms with Crippen molar-refractivity contribution in [2.75, 3.05) is 11.9 Å². The lowest BCUT2D eigenvalue weighted by Crippen LogP contribution is -2.19. The zero-order chi connectivity index (χ0) is 20.1. The summed E-state index contributed by atoms with van der Waals surface area (Å²) in [6.45, 7) is 1.29. The van der Waals surface area contributed by atoms with Crippen molar-refractivity contribution in [3.63, 3.8) is 0 Å². The highest BCUT2D eigenvalue weighted by atomic mass is 19.2. The van der Waals surface area contributed by atoms with Gasteiger partial charge in [-0.3, -0.25) is 4.79 Å². The molecule has 27 heavy (non-hydrogen) atoms. The van der Waals surface area contributed by atoms with Gasteiger partial charge in [-0.05, 0) is 25.1 Å². The number of phenolic OH excluding ortho intramolecular Hbond substituents is 1. The van der Waals surface area contributed by atoms with Crippen LogP contribution >= 0.6 is 0 Å². The van der Waals surface area contributed by atoms with E-state index in [0.29, 0.717) is 0 Å². The van der Waals surface area contributed by atoms with Gasteiger partial charge in [-0.15, -0.1) is 0 Å². The molecule has 0 aliphatic rings. The first-order valence-electron chi connectivity index (χ1n) is 7.57. The number of benzene rings is 2. The monoisotopic (exact) mass is 383 g/mol. The molecular formula is C18H13F4NO4. The maximum atomic E-state index is 13.9. The van der Waals surface area contributed by atoms with Gasteiger partial charge in [0.05, 0.1) is 17.9 Å². The van der Waals surface area contributed by atoms with Gasteiger partial charge in [-0.2, -0.15) is 0 Å². The molecule has 2 aromatic rings. The van der Waals surface area contributed by atoms with Crippen LogP contribution in [0.4, 0.5) is 23.2 Å². The number of Topliss-reactive ketones (excluding diaryl/α,β-unsaturated/α-hetero) is 1. The predicted molar refractivity (Wildman–Crippen MR) is 87.1 cm³/mol. The Morgan fingerprint density at radius 2 is 1.78 bits per heavy atom. The molecular weight excluding hydrogens is 370 g/mol. The van der Waals surface area contributed by atoms with E-state index < -0.39 is 46.2 Å². The second-order valence-corrected chi connectivity index (χ2v) is 5.12. The number of nitrogens with one attached hydrogen (secondary N) is 1.